The van der Waals surface area contributed by atoms with E-state index in [0.717, 1.165) is 0 Å². The standard InChI is InChI=1S/C6H6ClNO/c7-5-3-1-2-4-6(5)8-9/h1-4,8-9H. The number of anilines is 1. The molecular formula is C6H6ClNO. The van der Waals surface area contributed by atoms with Crippen LogP contribution in [0.2, 0.25) is 5.02 Å². The van der Waals surface area contributed by atoms with Gasteiger partial charge in [0.15, 0.2) is 0 Å². The van der Waals surface area contributed by atoms with Crippen molar-refractivity contribution in [3.63, 3.8) is 0 Å². The van der Waals surface area contributed by atoms with E-state index in [4.69, 9.17) is 16.8 Å². The molecule has 0 bridgehead atoms. The van der Waals surface area contributed by atoms with Gasteiger partial charge < -0.3 is 0 Å². The molecule has 0 amide bonds. The molecule has 0 aliphatic rings. The summed E-state index contributed by atoms with van der Waals surface area (Å²) in [5.74, 6) is 0. The van der Waals surface area contributed by atoms with Gasteiger partial charge in [-0.05, 0) is 12.1 Å². The third-order valence-electron chi connectivity index (χ3n) is 0.994. The summed E-state index contributed by atoms with van der Waals surface area (Å²) < 4.78 is 0. The van der Waals surface area contributed by atoms with Crippen LogP contribution in [0.25, 0.3) is 0 Å². The molecule has 0 aliphatic carbocycles. The average Bonchev–Trinajstić information content (AvgIpc) is 1.89. The van der Waals surface area contributed by atoms with Gasteiger partial charge in [0.2, 0.25) is 0 Å². The molecule has 0 aromatic heterocycles. The molecule has 1 aromatic rings. The summed E-state index contributed by atoms with van der Waals surface area (Å²) in [6.07, 6.45) is 0. The van der Waals surface area contributed by atoms with E-state index in [1.54, 1.807) is 24.3 Å². The van der Waals surface area contributed by atoms with Crippen molar-refractivity contribution in [2.75, 3.05) is 5.48 Å². The Kier molecular flexibility index (Phi) is 1.92. The van der Waals surface area contributed by atoms with Crippen molar-refractivity contribution >= 4 is 17.3 Å². The van der Waals surface area contributed by atoms with E-state index < -0.39 is 0 Å². The Balaban J connectivity index is 3.01. The van der Waals surface area contributed by atoms with Crippen LogP contribution in [0.15, 0.2) is 24.3 Å². The van der Waals surface area contributed by atoms with Gasteiger partial charge >= 0.3 is 0 Å². The number of para-hydroxylation sites is 1. The first-order chi connectivity index (χ1) is 4.34. The second kappa shape index (κ2) is 2.71. The molecule has 1 aromatic carbocycles. The van der Waals surface area contributed by atoms with Gasteiger partial charge in [0, 0.05) is 0 Å². The highest BCUT2D eigenvalue weighted by molar-refractivity contribution is 6.33. The van der Waals surface area contributed by atoms with Crippen LogP contribution in [0.4, 0.5) is 5.69 Å². The monoisotopic (exact) mass is 143 g/mol. The maximum atomic E-state index is 8.38. The van der Waals surface area contributed by atoms with Gasteiger partial charge in [-0.1, -0.05) is 23.7 Å². The van der Waals surface area contributed by atoms with E-state index in [1.807, 2.05) is 5.48 Å². The quantitative estimate of drug-likeness (QED) is 0.591. The molecule has 0 saturated carbocycles. The largest absolute Gasteiger partial charge is 0.291 e. The molecule has 0 heterocycles. The van der Waals surface area contributed by atoms with Gasteiger partial charge in [-0.15, -0.1) is 0 Å². The van der Waals surface area contributed by atoms with E-state index in [9.17, 15) is 0 Å². The molecular weight excluding hydrogens is 138 g/mol. The highest BCUT2D eigenvalue weighted by Gasteiger charge is 1.92. The van der Waals surface area contributed by atoms with Crippen molar-refractivity contribution in [1.29, 1.82) is 0 Å². The fourth-order valence-corrected chi connectivity index (χ4v) is 0.730. The molecule has 0 spiro atoms. The van der Waals surface area contributed by atoms with Crippen LogP contribution in [0, 0.1) is 0 Å². The van der Waals surface area contributed by atoms with Crippen molar-refractivity contribution in [3.8, 4) is 0 Å². The van der Waals surface area contributed by atoms with E-state index in [-0.39, 0.29) is 0 Å². The van der Waals surface area contributed by atoms with E-state index >= 15 is 0 Å². The fraction of sp³-hybridized carbons (Fsp3) is 0. The predicted molar refractivity (Wildman–Crippen MR) is 36.9 cm³/mol. The van der Waals surface area contributed by atoms with Gasteiger partial charge in [-0.25, -0.2) is 0 Å². The lowest BCUT2D eigenvalue weighted by Gasteiger charge is -1.97. The van der Waals surface area contributed by atoms with Crippen molar-refractivity contribution in [3.05, 3.63) is 29.3 Å². The minimum absolute atomic E-state index is 0.514. The van der Waals surface area contributed by atoms with Crippen LogP contribution < -0.4 is 5.48 Å². The van der Waals surface area contributed by atoms with Crippen molar-refractivity contribution in [2.24, 2.45) is 0 Å². The van der Waals surface area contributed by atoms with Crippen LogP contribution in [-0.4, -0.2) is 5.21 Å². The lowest BCUT2D eigenvalue weighted by molar-refractivity contribution is 0.389. The van der Waals surface area contributed by atoms with Gasteiger partial charge in [0.05, 0.1) is 10.7 Å². The number of halogens is 1. The molecule has 0 fully saturated rings. The molecule has 0 atom stereocenters. The zero-order valence-corrected chi connectivity index (χ0v) is 5.39. The third-order valence-corrected chi connectivity index (χ3v) is 1.32. The zero-order chi connectivity index (χ0) is 6.69. The molecule has 48 valence electrons. The van der Waals surface area contributed by atoms with E-state index in [1.165, 1.54) is 0 Å². The van der Waals surface area contributed by atoms with E-state index in [2.05, 4.69) is 0 Å². The van der Waals surface area contributed by atoms with Crippen molar-refractivity contribution in [1.82, 2.24) is 0 Å². The Morgan fingerprint density at radius 3 is 2.44 bits per heavy atom. The summed E-state index contributed by atoms with van der Waals surface area (Å²) in [5, 5.41) is 8.90. The van der Waals surface area contributed by atoms with Crippen molar-refractivity contribution in [2.45, 2.75) is 0 Å². The van der Waals surface area contributed by atoms with Crippen LogP contribution in [0.3, 0.4) is 0 Å². The summed E-state index contributed by atoms with van der Waals surface area (Å²) in [6.45, 7) is 0. The highest BCUT2D eigenvalue weighted by atomic mass is 35.5. The van der Waals surface area contributed by atoms with Gasteiger partial charge in [0.25, 0.3) is 0 Å². The fourth-order valence-electron chi connectivity index (χ4n) is 0.552. The average molecular weight is 144 g/mol. The zero-order valence-electron chi connectivity index (χ0n) is 4.63. The molecule has 0 radical (unpaired) electrons. The van der Waals surface area contributed by atoms with Gasteiger partial charge in [-0.2, -0.15) is 0 Å². The first kappa shape index (κ1) is 6.39. The highest BCUT2D eigenvalue weighted by Crippen LogP contribution is 2.18. The number of hydrogen-bond donors (Lipinski definition) is 2. The summed E-state index contributed by atoms with van der Waals surface area (Å²) in [5.41, 5.74) is 2.49. The summed E-state index contributed by atoms with van der Waals surface area (Å²) in [7, 11) is 0. The second-order valence-corrected chi connectivity index (χ2v) is 2.00. The van der Waals surface area contributed by atoms with E-state index in [0.29, 0.717) is 10.7 Å². The molecule has 3 heteroatoms. The Morgan fingerprint density at radius 2 is 2.00 bits per heavy atom. The first-order valence-electron chi connectivity index (χ1n) is 2.49. The minimum Gasteiger partial charge on any atom is -0.291 e. The second-order valence-electron chi connectivity index (χ2n) is 1.59. The first-order valence-corrected chi connectivity index (χ1v) is 2.87. The number of nitrogens with one attached hydrogen (secondary N) is 1. The van der Waals surface area contributed by atoms with Crippen LogP contribution in [-0.2, 0) is 0 Å². The van der Waals surface area contributed by atoms with Gasteiger partial charge in [-0.3, -0.25) is 10.7 Å². The van der Waals surface area contributed by atoms with Crippen molar-refractivity contribution < 1.29 is 5.21 Å². The number of hydrogen-bond acceptors (Lipinski definition) is 2. The molecule has 1 rings (SSSR count). The Morgan fingerprint density at radius 1 is 1.33 bits per heavy atom. The topological polar surface area (TPSA) is 32.3 Å². The Hall–Kier alpha value is -0.730. The molecule has 2 nitrogen and oxygen atoms in total. The summed E-state index contributed by atoms with van der Waals surface area (Å²) in [6, 6.07) is 6.95. The Bertz CT molecular complexity index is 202. The third kappa shape index (κ3) is 1.34. The summed E-state index contributed by atoms with van der Waals surface area (Å²) in [4.78, 5) is 0. The molecule has 0 aliphatic heterocycles. The molecule has 0 saturated heterocycles. The predicted octanol–water partition coefficient (Wildman–Crippen LogP) is 2.14. The SMILES string of the molecule is ONc1ccccc1Cl. The lowest BCUT2D eigenvalue weighted by atomic mass is 10.3. The van der Waals surface area contributed by atoms with Crippen LogP contribution in [0.5, 0.6) is 0 Å². The number of rotatable bonds is 1. The molecule has 2 N–H and O–H groups in total. The van der Waals surface area contributed by atoms with Gasteiger partial charge in [0.1, 0.15) is 0 Å². The van der Waals surface area contributed by atoms with Crippen LogP contribution in [0.1, 0.15) is 0 Å². The van der Waals surface area contributed by atoms with Crippen LogP contribution >= 0.6 is 11.6 Å². The maximum absolute atomic E-state index is 8.38. The molecule has 0 unspecified atom stereocenters. The maximum Gasteiger partial charge on any atom is 0.0788 e. The lowest BCUT2D eigenvalue weighted by Crippen LogP contribution is -1.88. The minimum atomic E-state index is 0.514. The smallest absolute Gasteiger partial charge is 0.0788 e. The normalized spacial score (nSPS) is 9.11. The Labute approximate surface area is 58.0 Å². The summed E-state index contributed by atoms with van der Waals surface area (Å²) >= 11 is 5.60. The number of benzene rings is 1. The molecule has 9 heavy (non-hydrogen) atoms.